The van der Waals surface area contributed by atoms with Gasteiger partial charge in [0, 0.05) is 32.2 Å². The molecule has 0 spiro atoms. The molecule has 1 fully saturated rings. The standard InChI is InChI=1S/C16H16N6O/c17-10-13-3-1-2-4-14(13)20-15-9-16(19-11-18-15)22-7-5-21(12-23)6-8-22/h1-4,9,11-12H,5-8H2,(H,18,19,20). The average molecular weight is 308 g/mol. The van der Waals surface area contributed by atoms with Gasteiger partial charge in [0.05, 0.1) is 11.3 Å². The van der Waals surface area contributed by atoms with Crippen molar-refractivity contribution in [3.05, 3.63) is 42.2 Å². The van der Waals surface area contributed by atoms with Crippen molar-refractivity contribution in [2.75, 3.05) is 36.4 Å². The van der Waals surface area contributed by atoms with E-state index in [0.29, 0.717) is 30.2 Å². The Hall–Kier alpha value is -3.14. The first-order valence-corrected chi connectivity index (χ1v) is 7.32. The molecule has 0 bridgehead atoms. The largest absolute Gasteiger partial charge is 0.353 e. The Labute approximate surface area is 134 Å². The van der Waals surface area contributed by atoms with Crippen LogP contribution in [0, 0.1) is 11.3 Å². The molecule has 1 aromatic heterocycles. The van der Waals surface area contributed by atoms with E-state index in [0.717, 1.165) is 25.3 Å². The smallest absolute Gasteiger partial charge is 0.209 e. The molecule has 0 unspecified atom stereocenters. The van der Waals surface area contributed by atoms with E-state index in [4.69, 9.17) is 5.26 Å². The summed E-state index contributed by atoms with van der Waals surface area (Å²) in [6.07, 6.45) is 2.38. The summed E-state index contributed by atoms with van der Waals surface area (Å²) < 4.78 is 0. The molecule has 1 saturated heterocycles. The number of rotatable bonds is 4. The number of hydrogen-bond acceptors (Lipinski definition) is 6. The second kappa shape index (κ2) is 6.75. The second-order valence-electron chi connectivity index (χ2n) is 5.17. The summed E-state index contributed by atoms with van der Waals surface area (Å²) in [6.45, 7) is 2.86. The first-order chi connectivity index (χ1) is 11.3. The van der Waals surface area contributed by atoms with Crippen LogP contribution >= 0.6 is 0 Å². The van der Waals surface area contributed by atoms with E-state index in [2.05, 4.69) is 26.3 Å². The number of nitrogens with zero attached hydrogens (tertiary/aromatic N) is 5. The fourth-order valence-corrected chi connectivity index (χ4v) is 2.47. The summed E-state index contributed by atoms with van der Waals surface area (Å²) in [5.41, 5.74) is 1.28. The lowest BCUT2D eigenvalue weighted by Crippen LogP contribution is -2.46. The Kier molecular flexibility index (Phi) is 4.34. The number of para-hydroxylation sites is 1. The van der Waals surface area contributed by atoms with Gasteiger partial charge in [-0.2, -0.15) is 5.26 Å². The minimum absolute atomic E-state index is 0.562. The van der Waals surface area contributed by atoms with E-state index in [1.807, 2.05) is 24.3 Å². The van der Waals surface area contributed by atoms with Gasteiger partial charge in [0.25, 0.3) is 0 Å². The Balaban J connectivity index is 1.75. The lowest BCUT2D eigenvalue weighted by Gasteiger charge is -2.33. The molecule has 23 heavy (non-hydrogen) atoms. The molecule has 7 nitrogen and oxygen atoms in total. The predicted molar refractivity (Wildman–Crippen MR) is 86.3 cm³/mol. The Morgan fingerprint density at radius 2 is 1.96 bits per heavy atom. The van der Waals surface area contributed by atoms with Crippen LogP contribution in [-0.2, 0) is 4.79 Å². The Bertz CT molecular complexity index is 733. The summed E-state index contributed by atoms with van der Waals surface area (Å²) in [5, 5.41) is 12.3. The van der Waals surface area contributed by atoms with Gasteiger partial charge in [0.2, 0.25) is 6.41 Å². The molecule has 1 aromatic carbocycles. The highest BCUT2D eigenvalue weighted by Crippen LogP contribution is 2.21. The quantitative estimate of drug-likeness (QED) is 0.859. The first kappa shape index (κ1) is 14.8. The number of nitrogens with one attached hydrogen (secondary N) is 1. The molecule has 1 aliphatic rings. The lowest BCUT2D eigenvalue weighted by molar-refractivity contribution is -0.118. The topological polar surface area (TPSA) is 85.2 Å². The van der Waals surface area contributed by atoms with E-state index >= 15 is 0 Å². The summed E-state index contributed by atoms with van der Waals surface area (Å²) >= 11 is 0. The van der Waals surface area contributed by atoms with Gasteiger partial charge in [0.15, 0.2) is 0 Å². The molecule has 116 valence electrons. The maximum Gasteiger partial charge on any atom is 0.209 e. The molecule has 0 atom stereocenters. The number of anilines is 3. The minimum atomic E-state index is 0.562. The number of carbonyl (C=O) groups excluding carboxylic acids is 1. The van der Waals surface area contributed by atoms with Crippen molar-refractivity contribution in [3.63, 3.8) is 0 Å². The van der Waals surface area contributed by atoms with Crippen molar-refractivity contribution in [2.24, 2.45) is 0 Å². The average Bonchev–Trinajstić information content (AvgIpc) is 2.62. The van der Waals surface area contributed by atoms with Gasteiger partial charge in [-0.05, 0) is 12.1 Å². The highest BCUT2D eigenvalue weighted by Gasteiger charge is 2.17. The van der Waals surface area contributed by atoms with Gasteiger partial charge in [-0.1, -0.05) is 12.1 Å². The van der Waals surface area contributed by atoms with Crippen LogP contribution in [0.4, 0.5) is 17.3 Å². The zero-order valence-electron chi connectivity index (χ0n) is 12.5. The van der Waals surface area contributed by atoms with Crippen LogP contribution in [0.25, 0.3) is 0 Å². The van der Waals surface area contributed by atoms with Crippen molar-refractivity contribution in [2.45, 2.75) is 0 Å². The SMILES string of the molecule is N#Cc1ccccc1Nc1cc(N2CCN(C=O)CC2)ncn1. The Morgan fingerprint density at radius 3 is 2.70 bits per heavy atom. The maximum atomic E-state index is 10.8. The van der Waals surface area contributed by atoms with Gasteiger partial charge < -0.3 is 15.1 Å². The van der Waals surface area contributed by atoms with Crippen LogP contribution in [0.5, 0.6) is 0 Å². The van der Waals surface area contributed by atoms with E-state index in [-0.39, 0.29) is 0 Å². The molecule has 2 aromatic rings. The van der Waals surface area contributed by atoms with Gasteiger partial charge in [-0.25, -0.2) is 9.97 Å². The molecule has 1 aliphatic heterocycles. The molecule has 0 saturated carbocycles. The summed E-state index contributed by atoms with van der Waals surface area (Å²) in [4.78, 5) is 23.1. The lowest BCUT2D eigenvalue weighted by atomic mass is 10.2. The number of benzene rings is 1. The highest BCUT2D eigenvalue weighted by atomic mass is 16.1. The fourth-order valence-electron chi connectivity index (χ4n) is 2.47. The molecule has 7 heteroatoms. The molecule has 2 heterocycles. The van der Waals surface area contributed by atoms with Crippen LogP contribution in [-0.4, -0.2) is 47.5 Å². The van der Waals surface area contributed by atoms with Crippen LogP contribution in [0.1, 0.15) is 5.56 Å². The van der Waals surface area contributed by atoms with Crippen LogP contribution in [0.15, 0.2) is 36.7 Å². The molecule has 0 aliphatic carbocycles. The van der Waals surface area contributed by atoms with E-state index < -0.39 is 0 Å². The number of hydrogen-bond donors (Lipinski definition) is 1. The van der Waals surface area contributed by atoms with Gasteiger partial charge in [-0.3, -0.25) is 4.79 Å². The Morgan fingerprint density at radius 1 is 1.17 bits per heavy atom. The predicted octanol–water partition coefficient (Wildman–Crippen LogP) is 1.37. The highest BCUT2D eigenvalue weighted by molar-refractivity contribution is 5.65. The third-order valence-electron chi connectivity index (χ3n) is 3.75. The van der Waals surface area contributed by atoms with Crippen molar-refractivity contribution >= 4 is 23.7 Å². The zero-order chi connectivity index (χ0) is 16.1. The monoisotopic (exact) mass is 308 g/mol. The molecular weight excluding hydrogens is 292 g/mol. The zero-order valence-corrected chi connectivity index (χ0v) is 12.5. The van der Waals surface area contributed by atoms with Crippen LogP contribution in [0.2, 0.25) is 0 Å². The number of carbonyl (C=O) groups is 1. The van der Waals surface area contributed by atoms with Crippen molar-refractivity contribution in [3.8, 4) is 6.07 Å². The molecular formula is C16H16N6O. The van der Waals surface area contributed by atoms with E-state index in [1.165, 1.54) is 6.33 Å². The molecule has 3 rings (SSSR count). The summed E-state index contributed by atoms with van der Waals surface area (Å²) in [6, 6.07) is 11.3. The first-order valence-electron chi connectivity index (χ1n) is 7.32. The number of aromatic nitrogens is 2. The van der Waals surface area contributed by atoms with Gasteiger partial charge in [-0.15, -0.1) is 0 Å². The second-order valence-corrected chi connectivity index (χ2v) is 5.17. The summed E-state index contributed by atoms with van der Waals surface area (Å²) in [5.74, 6) is 1.44. The van der Waals surface area contributed by atoms with Crippen molar-refractivity contribution in [1.29, 1.82) is 5.26 Å². The third kappa shape index (κ3) is 3.37. The summed E-state index contributed by atoms with van der Waals surface area (Å²) in [7, 11) is 0. The van der Waals surface area contributed by atoms with Crippen LogP contribution < -0.4 is 10.2 Å². The minimum Gasteiger partial charge on any atom is -0.353 e. The fraction of sp³-hybridized carbons (Fsp3) is 0.250. The van der Waals surface area contributed by atoms with E-state index in [9.17, 15) is 4.79 Å². The van der Waals surface area contributed by atoms with E-state index in [1.54, 1.807) is 11.0 Å². The molecule has 0 radical (unpaired) electrons. The number of nitriles is 1. The van der Waals surface area contributed by atoms with Gasteiger partial charge >= 0.3 is 0 Å². The normalized spacial score (nSPS) is 14.2. The number of amides is 1. The van der Waals surface area contributed by atoms with Gasteiger partial charge in [0.1, 0.15) is 24.0 Å². The maximum absolute atomic E-state index is 10.8. The van der Waals surface area contributed by atoms with Crippen molar-refractivity contribution in [1.82, 2.24) is 14.9 Å². The van der Waals surface area contributed by atoms with Crippen LogP contribution in [0.3, 0.4) is 0 Å². The van der Waals surface area contributed by atoms with Crippen molar-refractivity contribution < 1.29 is 4.79 Å². The molecule has 1 amide bonds. The number of piperazine rings is 1. The molecule has 1 N–H and O–H groups in total. The third-order valence-corrected chi connectivity index (χ3v) is 3.75.